The molecule has 2 aromatic rings. The van der Waals surface area contributed by atoms with Crippen LogP contribution in [-0.4, -0.2) is 86.7 Å². The Morgan fingerprint density at radius 2 is 2.17 bits per heavy atom. The third-order valence-corrected chi connectivity index (χ3v) is 9.04. The molecule has 188 valence electrons. The number of anilines is 1. The van der Waals surface area contributed by atoms with Crippen molar-refractivity contribution in [2.45, 2.75) is 16.6 Å². The van der Waals surface area contributed by atoms with Gasteiger partial charge in [-0.15, -0.1) is 23.1 Å². The number of aromatic nitrogens is 3. The number of nitrogens with one attached hydrogen (secondary N) is 2. The molecule has 2 amide bonds. The topological polar surface area (TPSA) is 234 Å². The summed E-state index contributed by atoms with van der Waals surface area (Å²) in [5.41, 5.74) is 10.4. The van der Waals surface area contributed by atoms with Gasteiger partial charge in [0.2, 0.25) is 5.16 Å². The lowest BCUT2D eigenvalue weighted by Crippen LogP contribution is -2.71. The van der Waals surface area contributed by atoms with Crippen LogP contribution < -0.4 is 16.8 Å². The van der Waals surface area contributed by atoms with E-state index in [-0.39, 0.29) is 44.3 Å². The number of nitrogens with two attached hydrogens (primary N) is 2. The summed E-state index contributed by atoms with van der Waals surface area (Å²) in [4.78, 5) is 47.0. The first-order valence-electron chi connectivity index (χ1n) is 9.61. The van der Waals surface area contributed by atoms with E-state index in [1.807, 2.05) is 0 Å². The Kier molecular flexibility index (Phi) is 7.54. The lowest BCUT2D eigenvalue weighted by Gasteiger charge is -2.49. The molecule has 4 heterocycles. The Hall–Kier alpha value is -3.13. The van der Waals surface area contributed by atoms with Crippen LogP contribution in [0.3, 0.4) is 0 Å². The van der Waals surface area contributed by atoms with Crippen molar-refractivity contribution in [1.82, 2.24) is 24.6 Å². The SMILES string of the molecule is N=C(N)CSc1nsc(C(=S)C2=C(C(=O)O)N3C(=O)[C@@H](NC(=O)/C(=N\O)c4csc(N)n4)[C@@H]3SC2)n1. The van der Waals surface area contributed by atoms with Gasteiger partial charge in [0.1, 0.15) is 28.6 Å². The second-order valence-electron chi connectivity index (χ2n) is 7.04. The van der Waals surface area contributed by atoms with Crippen molar-refractivity contribution in [3.05, 3.63) is 27.4 Å². The van der Waals surface area contributed by atoms with Gasteiger partial charge in [0, 0.05) is 16.7 Å². The fraction of sp³-hybridized carbons (Fsp3) is 0.235. The van der Waals surface area contributed by atoms with Gasteiger partial charge in [-0.3, -0.25) is 19.9 Å². The number of nitrogen functional groups attached to an aromatic ring is 1. The van der Waals surface area contributed by atoms with Crippen molar-refractivity contribution in [1.29, 1.82) is 5.41 Å². The molecule has 0 aliphatic carbocycles. The van der Waals surface area contributed by atoms with E-state index in [1.165, 1.54) is 17.1 Å². The molecule has 0 radical (unpaired) electrons. The second-order valence-corrected chi connectivity index (χ2v) is 11.1. The number of oxime groups is 1. The smallest absolute Gasteiger partial charge is 0.353 e. The molecule has 2 aliphatic heterocycles. The molecule has 0 spiro atoms. The van der Waals surface area contributed by atoms with E-state index in [0.29, 0.717) is 10.2 Å². The molecule has 0 saturated carbocycles. The Bertz CT molecular complexity index is 1350. The number of nitrogens with zero attached hydrogens (tertiary/aromatic N) is 5. The van der Waals surface area contributed by atoms with E-state index in [2.05, 4.69) is 24.8 Å². The minimum absolute atomic E-state index is 0.0362. The number of rotatable bonds is 9. The van der Waals surface area contributed by atoms with Gasteiger partial charge in [0.15, 0.2) is 15.9 Å². The number of carbonyl (C=O) groups excluding carboxylic acids is 2. The predicted molar refractivity (Wildman–Crippen MR) is 139 cm³/mol. The monoisotopic (exact) mass is 585 g/mol. The van der Waals surface area contributed by atoms with Crippen molar-refractivity contribution < 1.29 is 24.7 Å². The first-order valence-corrected chi connectivity index (χ1v) is 13.7. The van der Waals surface area contributed by atoms with Crippen LogP contribution in [0, 0.1) is 5.41 Å². The molecular formula is C17H15N9O5S5. The molecule has 4 rings (SSSR count). The van der Waals surface area contributed by atoms with Crippen LogP contribution in [0.15, 0.2) is 27.0 Å². The zero-order valence-corrected chi connectivity index (χ0v) is 21.8. The van der Waals surface area contributed by atoms with Gasteiger partial charge in [-0.05, 0) is 11.5 Å². The van der Waals surface area contributed by atoms with Gasteiger partial charge in [-0.2, -0.15) is 4.37 Å². The Balaban J connectivity index is 1.52. The number of thiazole rings is 1. The molecular weight excluding hydrogens is 571 g/mol. The number of aliphatic carboxylic acids is 1. The van der Waals surface area contributed by atoms with Crippen LogP contribution in [-0.2, 0) is 14.4 Å². The number of carbonyl (C=O) groups is 3. The quantitative estimate of drug-likeness (QED) is 0.0331. The van der Waals surface area contributed by atoms with Crippen molar-refractivity contribution in [2.75, 3.05) is 17.2 Å². The Morgan fingerprint density at radius 3 is 2.78 bits per heavy atom. The van der Waals surface area contributed by atoms with Crippen molar-refractivity contribution in [3.63, 3.8) is 0 Å². The number of hydrogen-bond acceptors (Lipinski definition) is 15. The molecule has 2 atom stereocenters. The van der Waals surface area contributed by atoms with E-state index >= 15 is 0 Å². The summed E-state index contributed by atoms with van der Waals surface area (Å²) in [6.07, 6.45) is 0. The van der Waals surface area contributed by atoms with Crippen molar-refractivity contribution in [3.8, 4) is 0 Å². The standard InChI is InChI=1S/C17H15N9O5S5/c18-6(19)3-35-17-23-12(36-25-17)10(32)4-1-33-14-8(13(28)26(14)9(4)15(29)30)22-11(27)7(24-31)5-2-34-16(20)21-5/h2,8,14,31H,1,3H2,(H3,18,19)(H2,20,21)(H,22,27)(H,29,30)/b24-7-/t8-,14+/m1/s1. The van der Waals surface area contributed by atoms with Gasteiger partial charge in [0.05, 0.1) is 10.6 Å². The molecule has 1 saturated heterocycles. The number of hydrogen-bond donors (Lipinski definition) is 6. The third kappa shape index (κ3) is 4.91. The third-order valence-electron chi connectivity index (χ3n) is 4.77. The summed E-state index contributed by atoms with van der Waals surface area (Å²) >= 11 is 9.84. The molecule has 36 heavy (non-hydrogen) atoms. The van der Waals surface area contributed by atoms with Crippen LogP contribution in [0.4, 0.5) is 5.13 Å². The van der Waals surface area contributed by atoms with E-state index in [9.17, 15) is 24.7 Å². The summed E-state index contributed by atoms with van der Waals surface area (Å²) in [6.45, 7) is 0. The minimum Gasteiger partial charge on any atom is -0.477 e. The molecule has 0 bridgehead atoms. The molecule has 2 aliphatic rings. The zero-order valence-electron chi connectivity index (χ0n) is 17.7. The van der Waals surface area contributed by atoms with Crippen LogP contribution in [0.1, 0.15) is 10.7 Å². The van der Waals surface area contributed by atoms with Crippen LogP contribution in [0.2, 0.25) is 0 Å². The number of amides is 2. The highest BCUT2D eigenvalue weighted by atomic mass is 32.2. The number of carboxylic acid groups (broad SMARTS) is 1. The predicted octanol–water partition coefficient (Wildman–Crippen LogP) is -0.0600. The van der Waals surface area contributed by atoms with Gasteiger partial charge in [-0.25, -0.2) is 14.8 Å². The van der Waals surface area contributed by atoms with E-state index in [1.54, 1.807) is 0 Å². The maximum Gasteiger partial charge on any atom is 0.353 e. The van der Waals surface area contributed by atoms with Gasteiger partial charge in [-0.1, -0.05) is 29.1 Å². The number of fused-ring (bicyclic) bond motifs is 1. The summed E-state index contributed by atoms with van der Waals surface area (Å²) in [5.74, 6) is -2.61. The fourth-order valence-electron chi connectivity index (χ4n) is 3.24. The number of thiocarbonyl (C=S) groups is 1. The van der Waals surface area contributed by atoms with Crippen molar-refractivity contribution in [2.24, 2.45) is 10.9 Å². The average Bonchev–Trinajstić information content (AvgIpc) is 3.49. The molecule has 1 fully saturated rings. The number of amidine groups is 1. The minimum atomic E-state index is -1.36. The van der Waals surface area contributed by atoms with Gasteiger partial charge < -0.3 is 27.1 Å². The molecule has 8 N–H and O–H groups in total. The molecule has 14 nitrogen and oxygen atoms in total. The fourth-order valence-corrected chi connectivity index (χ4v) is 6.92. The highest BCUT2D eigenvalue weighted by molar-refractivity contribution is 8.00. The van der Waals surface area contributed by atoms with Crippen molar-refractivity contribution >= 4 is 97.9 Å². The van der Waals surface area contributed by atoms with E-state index in [4.69, 9.17) is 29.1 Å². The molecule has 0 unspecified atom stereocenters. The Morgan fingerprint density at radius 1 is 1.42 bits per heavy atom. The molecule has 0 aromatic carbocycles. The molecule has 2 aromatic heterocycles. The molecule has 19 heteroatoms. The normalized spacial score (nSPS) is 19.5. The highest BCUT2D eigenvalue weighted by Crippen LogP contribution is 2.41. The average molecular weight is 586 g/mol. The maximum absolute atomic E-state index is 12.9. The van der Waals surface area contributed by atoms with E-state index < -0.39 is 34.9 Å². The first-order chi connectivity index (χ1) is 17.1. The summed E-state index contributed by atoms with van der Waals surface area (Å²) < 4.78 is 4.14. The second kappa shape index (κ2) is 10.5. The number of thioether (sulfide) groups is 2. The van der Waals surface area contributed by atoms with Gasteiger partial charge >= 0.3 is 5.97 Å². The number of β-lactam (4-membered cyclic amide) rings is 1. The van der Waals surface area contributed by atoms with Gasteiger partial charge in [0.25, 0.3) is 11.8 Å². The zero-order chi connectivity index (χ0) is 26.1. The maximum atomic E-state index is 12.9. The lowest BCUT2D eigenvalue weighted by molar-refractivity contribution is -0.150. The summed E-state index contributed by atoms with van der Waals surface area (Å²) in [7, 11) is 0. The van der Waals surface area contributed by atoms with E-state index in [0.717, 1.165) is 39.5 Å². The lowest BCUT2D eigenvalue weighted by atomic mass is 10.0. The van der Waals surface area contributed by atoms with Crippen LogP contribution in [0.25, 0.3) is 0 Å². The van der Waals surface area contributed by atoms with Crippen LogP contribution in [0.5, 0.6) is 0 Å². The van der Waals surface area contributed by atoms with Crippen LogP contribution >= 0.6 is 58.6 Å². The number of carboxylic acids is 1. The summed E-state index contributed by atoms with van der Waals surface area (Å²) in [5, 5.41) is 33.4. The Labute approximate surface area is 223 Å². The largest absolute Gasteiger partial charge is 0.477 e. The highest BCUT2D eigenvalue weighted by Gasteiger charge is 2.55. The summed E-state index contributed by atoms with van der Waals surface area (Å²) in [6, 6.07) is -1.06. The first kappa shape index (κ1) is 25.9.